The maximum absolute atomic E-state index is 5.64. The molecule has 0 aliphatic rings. The molecule has 0 saturated carbocycles. The highest BCUT2D eigenvalue weighted by atomic mass is 32.1. The van der Waals surface area contributed by atoms with Gasteiger partial charge in [0, 0.05) is 11.3 Å². The first kappa shape index (κ1) is 13.3. The van der Waals surface area contributed by atoms with Gasteiger partial charge in [-0.15, -0.1) is 11.3 Å². The molecule has 4 heteroatoms. The van der Waals surface area contributed by atoms with Crippen molar-refractivity contribution in [3.8, 4) is 0 Å². The van der Waals surface area contributed by atoms with Crippen LogP contribution in [0.15, 0.2) is 34.1 Å². The molecule has 0 aromatic carbocycles. The summed E-state index contributed by atoms with van der Waals surface area (Å²) in [6, 6.07) is 8.19. The number of rotatable bonds is 8. The van der Waals surface area contributed by atoms with E-state index in [1.807, 2.05) is 12.1 Å². The van der Waals surface area contributed by atoms with Crippen LogP contribution in [-0.2, 0) is 24.3 Å². The molecule has 0 radical (unpaired) electrons. The van der Waals surface area contributed by atoms with Gasteiger partial charge in [0.15, 0.2) is 0 Å². The average molecular weight is 265 g/mol. The number of furan rings is 1. The van der Waals surface area contributed by atoms with E-state index >= 15 is 0 Å². The third-order valence-corrected chi connectivity index (χ3v) is 3.52. The monoisotopic (exact) mass is 265 g/mol. The quantitative estimate of drug-likeness (QED) is 0.744. The second-order valence-electron chi connectivity index (χ2n) is 4.03. The summed E-state index contributed by atoms with van der Waals surface area (Å²) in [6.45, 7) is 5.11. The number of hydrogen-bond donors (Lipinski definition) is 1. The highest BCUT2D eigenvalue weighted by Crippen LogP contribution is 2.11. The molecule has 2 aromatic heterocycles. The maximum Gasteiger partial charge on any atom is 0.129 e. The molecule has 98 valence electrons. The fourth-order valence-electron chi connectivity index (χ4n) is 1.64. The molecule has 0 atom stereocenters. The Balaban J connectivity index is 1.65. The van der Waals surface area contributed by atoms with Gasteiger partial charge in [0.2, 0.25) is 0 Å². The smallest absolute Gasteiger partial charge is 0.129 e. The second kappa shape index (κ2) is 7.36. The van der Waals surface area contributed by atoms with Gasteiger partial charge in [-0.2, -0.15) is 0 Å². The molecule has 2 aromatic rings. The molecule has 2 heterocycles. The van der Waals surface area contributed by atoms with Gasteiger partial charge in [0.1, 0.15) is 18.1 Å². The SMILES string of the molecule is CCNCc1ccc(COCCc2cccs2)o1. The van der Waals surface area contributed by atoms with Crippen LogP contribution in [0.1, 0.15) is 23.3 Å². The van der Waals surface area contributed by atoms with Crippen LogP contribution in [0.25, 0.3) is 0 Å². The van der Waals surface area contributed by atoms with Crippen LogP contribution < -0.4 is 5.32 Å². The van der Waals surface area contributed by atoms with E-state index in [9.17, 15) is 0 Å². The van der Waals surface area contributed by atoms with Crippen LogP contribution >= 0.6 is 11.3 Å². The zero-order valence-corrected chi connectivity index (χ0v) is 11.5. The molecule has 0 aliphatic heterocycles. The number of ether oxygens (including phenoxy) is 1. The Morgan fingerprint density at radius 1 is 1.28 bits per heavy atom. The number of nitrogens with one attached hydrogen (secondary N) is 1. The molecule has 0 spiro atoms. The summed E-state index contributed by atoms with van der Waals surface area (Å²) in [5.74, 6) is 1.86. The van der Waals surface area contributed by atoms with Crippen molar-refractivity contribution in [1.82, 2.24) is 5.32 Å². The van der Waals surface area contributed by atoms with E-state index in [0.29, 0.717) is 6.61 Å². The Morgan fingerprint density at radius 2 is 2.17 bits per heavy atom. The van der Waals surface area contributed by atoms with Gasteiger partial charge in [0.25, 0.3) is 0 Å². The molecule has 0 fully saturated rings. The minimum Gasteiger partial charge on any atom is -0.462 e. The number of hydrogen-bond acceptors (Lipinski definition) is 4. The van der Waals surface area contributed by atoms with E-state index < -0.39 is 0 Å². The Morgan fingerprint density at radius 3 is 2.94 bits per heavy atom. The van der Waals surface area contributed by atoms with E-state index in [2.05, 4.69) is 29.8 Å². The van der Waals surface area contributed by atoms with Crippen molar-refractivity contribution in [2.75, 3.05) is 13.2 Å². The molecule has 1 N–H and O–H groups in total. The lowest BCUT2D eigenvalue weighted by Gasteiger charge is -2.01. The maximum atomic E-state index is 5.64. The van der Waals surface area contributed by atoms with Crippen LogP contribution in [0, 0.1) is 0 Å². The molecular formula is C14H19NO2S. The van der Waals surface area contributed by atoms with E-state index in [-0.39, 0.29) is 0 Å². The Hall–Kier alpha value is -1.10. The molecule has 3 nitrogen and oxygen atoms in total. The van der Waals surface area contributed by atoms with Gasteiger partial charge in [-0.1, -0.05) is 13.0 Å². The van der Waals surface area contributed by atoms with Crippen LogP contribution in [0.2, 0.25) is 0 Å². The fourth-order valence-corrected chi connectivity index (χ4v) is 2.33. The van der Waals surface area contributed by atoms with Crippen molar-refractivity contribution >= 4 is 11.3 Å². The van der Waals surface area contributed by atoms with Crippen LogP contribution in [-0.4, -0.2) is 13.2 Å². The first-order chi connectivity index (χ1) is 8.88. The summed E-state index contributed by atoms with van der Waals surface area (Å²) in [4.78, 5) is 1.36. The van der Waals surface area contributed by atoms with Crippen molar-refractivity contribution in [3.05, 3.63) is 46.0 Å². The van der Waals surface area contributed by atoms with Gasteiger partial charge in [-0.05, 0) is 30.1 Å². The van der Waals surface area contributed by atoms with Crippen molar-refractivity contribution in [2.45, 2.75) is 26.5 Å². The van der Waals surface area contributed by atoms with E-state index in [1.54, 1.807) is 11.3 Å². The molecule has 18 heavy (non-hydrogen) atoms. The van der Waals surface area contributed by atoms with Crippen LogP contribution in [0.3, 0.4) is 0 Å². The Labute approximate surface area is 112 Å². The normalized spacial score (nSPS) is 10.9. The minimum atomic E-state index is 0.553. The largest absolute Gasteiger partial charge is 0.462 e. The standard InChI is InChI=1S/C14H19NO2S/c1-2-15-10-12-5-6-13(17-12)11-16-8-7-14-4-3-9-18-14/h3-6,9,15H,2,7-8,10-11H2,1H3. The van der Waals surface area contributed by atoms with Gasteiger partial charge in [-0.3, -0.25) is 0 Å². The van der Waals surface area contributed by atoms with Gasteiger partial charge in [-0.25, -0.2) is 0 Å². The molecular weight excluding hydrogens is 246 g/mol. The highest BCUT2D eigenvalue weighted by molar-refractivity contribution is 7.09. The lowest BCUT2D eigenvalue weighted by molar-refractivity contribution is 0.108. The van der Waals surface area contributed by atoms with Crippen molar-refractivity contribution in [1.29, 1.82) is 0 Å². The summed E-state index contributed by atoms with van der Waals surface area (Å²) in [7, 11) is 0. The lowest BCUT2D eigenvalue weighted by atomic mass is 10.4. The summed E-state index contributed by atoms with van der Waals surface area (Å²) in [5.41, 5.74) is 0. The third-order valence-electron chi connectivity index (χ3n) is 2.58. The van der Waals surface area contributed by atoms with E-state index in [0.717, 1.165) is 37.6 Å². The van der Waals surface area contributed by atoms with Crippen molar-refractivity contribution in [2.24, 2.45) is 0 Å². The lowest BCUT2D eigenvalue weighted by Crippen LogP contribution is -2.10. The summed E-state index contributed by atoms with van der Waals surface area (Å²) in [6.07, 6.45) is 0.975. The second-order valence-corrected chi connectivity index (χ2v) is 5.06. The van der Waals surface area contributed by atoms with Crippen LogP contribution in [0.5, 0.6) is 0 Å². The van der Waals surface area contributed by atoms with Gasteiger partial charge in [0.05, 0.1) is 13.2 Å². The molecule has 0 unspecified atom stereocenters. The zero-order chi connectivity index (χ0) is 12.6. The molecule has 0 bridgehead atoms. The Kier molecular flexibility index (Phi) is 5.45. The predicted octanol–water partition coefficient (Wildman–Crippen LogP) is 3.21. The number of thiophene rings is 1. The first-order valence-corrected chi connectivity index (χ1v) is 7.15. The first-order valence-electron chi connectivity index (χ1n) is 6.27. The molecule has 0 amide bonds. The third kappa shape index (κ3) is 4.29. The highest BCUT2D eigenvalue weighted by Gasteiger charge is 2.02. The van der Waals surface area contributed by atoms with E-state index in [4.69, 9.17) is 9.15 Å². The van der Waals surface area contributed by atoms with E-state index in [1.165, 1.54) is 4.88 Å². The van der Waals surface area contributed by atoms with Gasteiger partial charge >= 0.3 is 0 Å². The average Bonchev–Trinajstić information content (AvgIpc) is 3.04. The fraction of sp³-hybridized carbons (Fsp3) is 0.429. The summed E-state index contributed by atoms with van der Waals surface area (Å²) < 4.78 is 11.2. The predicted molar refractivity (Wildman–Crippen MR) is 73.8 cm³/mol. The van der Waals surface area contributed by atoms with Crippen molar-refractivity contribution < 1.29 is 9.15 Å². The minimum absolute atomic E-state index is 0.553. The topological polar surface area (TPSA) is 34.4 Å². The van der Waals surface area contributed by atoms with Crippen LogP contribution in [0.4, 0.5) is 0 Å². The van der Waals surface area contributed by atoms with Crippen molar-refractivity contribution in [3.63, 3.8) is 0 Å². The molecule has 0 saturated heterocycles. The zero-order valence-electron chi connectivity index (χ0n) is 10.6. The molecule has 0 aliphatic carbocycles. The Bertz CT molecular complexity index is 436. The molecule has 2 rings (SSSR count). The summed E-state index contributed by atoms with van der Waals surface area (Å²) in [5, 5.41) is 5.32. The van der Waals surface area contributed by atoms with Gasteiger partial charge < -0.3 is 14.5 Å². The summed E-state index contributed by atoms with van der Waals surface area (Å²) >= 11 is 1.77.